The lowest BCUT2D eigenvalue weighted by Crippen LogP contribution is -2.47. The molecular formula is C18H25Cl2N3O2S. The van der Waals surface area contributed by atoms with Gasteiger partial charge in [-0.25, -0.2) is 4.98 Å². The summed E-state index contributed by atoms with van der Waals surface area (Å²) >= 11 is 1.49. The smallest absolute Gasteiger partial charge is 0.273 e. The molecule has 5 nitrogen and oxygen atoms in total. The minimum atomic E-state index is -0.00131. The first-order valence-corrected chi connectivity index (χ1v) is 9.30. The fourth-order valence-electron chi connectivity index (χ4n) is 3.03. The molecule has 1 aromatic carbocycles. The molecule has 1 aromatic heterocycles. The highest BCUT2D eigenvalue weighted by Crippen LogP contribution is 2.27. The van der Waals surface area contributed by atoms with Gasteiger partial charge < -0.3 is 15.4 Å². The van der Waals surface area contributed by atoms with Gasteiger partial charge in [0.1, 0.15) is 16.5 Å². The molecule has 0 saturated carbocycles. The maximum Gasteiger partial charge on any atom is 0.273 e. The van der Waals surface area contributed by atoms with Gasteiger partial charge in [-0.15, -0.1) is 36.2 Å². The molecule has 1 amide bonds. The highest BCUT2D eigenvalue weighted by atomic mass is 35.5. The van der Waals surface area contributed by atoms with Gasteiger partial charge in [-0.05, 0) is 50.5 Å². The molecule has 0 radical (unpaired) electrons. The number of thiazole rings is 1. The van der Waals surface area contributed by atoms with Crippen molar-refractivity contribution in [3.05, 3.63) is 35.3 Å². The second kappa shape index (κ2) is 10.7. The number of benzene rings is 1. The third-order valence-electron chi connectivity index (χ3n) is 4.30. The van der Waals surface area contributed by atoms with E-state index in [1.807, 2.05) is 41.5 Å². The van der Waals surface area contributed by atoms with Crippen LogP contribution in [0.25, 0.3) is 10.6 Å². The molecule has 144 valence electrons. The number of likely N-dealkylation sites (tertiary alicyclic amines) is 1. The Balaban J connectivity index is 0.00000169. The summed E-state index contributed by atoms with van der Waals surface area (Å²) in [5.41, 5.74) is 7.34. The lowest BCUT2D eigenvalue weighted by atomic mass is 10.0. The van der Waals surface area contributed by atoms with E-state index in [9.17, 15) is 4.79 Å². The van der Waals surface area contributed by atoms with E-state index in [0.717, 1.165) is 42.1 Å². The summed E-state index contributed by atoms with van der Waals surface area (Å²) in [5.74, 6) is 0.840. The molecule has 2 aromatic rings. The van der Waals surface area contributed by atoms with Crippen molar-refractivity contribution in [2.24, 2.45) is 5.73 Å². The van der Waals surface area contributed by atoms with Crippen molar-refractivity contribution < 1.29 is 9.53 Å². The number of amides is 1. The lowest BCUT2D eigenvalue weighted by molar-refractivity contribution is 0.0618. The van der Waals surface area contributed by atoms with E-state index in [2.05, 4.69) is 4.98 Å². The van der Waals surface area contributed by atoms with Crippen molar-refractivity contribution in [2.75, 3.05) is 19.7 Å². The molecule has 0 spiro atoms. The van der Waals surface area contributed by atoms with Crippen LogP contribution < -0.4 is 10.5 Å². The molecule has 0 bridgehead atoms. The Kier molecular flexibility index (Phi) is 9.36. The van der Waals surface area contributed by atoms with Crippen molar-refractivity contribution >= 4 is 42.1 Å². The number of ether oxygens (including phenoxy) is 1. The molecule has 26 heavy (non-hydrogen) atoms. The number of halogens is 2. The van der Waals surface area contributed by atoms with Crippen molar-refractivity contribution in [1.82, 2.24) is 9.88 Å². The zero-order valence-electron chi connectivity index (χ0n) is 14.7. The fraction of sp³-hybridized carbons (Fsp3) is 0.444. The first kappa shape index (κ1) is 22.7. The number of rotatable bonds is 5. The minimum absolute atomic E-state index is 0. The van der Waals surface area contributed by atoms with Crippen LogP contribution >= 0.6 is 36.2 Å². The first-order valence-electron chi connectivity index (χ1n) is 8.42. The first-order chi connectivity index (χ1) is 11.7. The second-order valence-electron chi connectivity index (χ2n) is 5.88. The Bertz CT molecular complexity index is 694. The highest BCUT2D eigenvalue weighted by molar-refractivity contribution is 7.13. The van der Waals surface area contributed by atoms with E-state index in [-0.39, 0.29) is 36.8 Å². The lowest BCUT2D eigenvalue weighted by Gasteiger charge is -2.34. The van der Waals surface area contributed by atoms with Gasteiger partial charge in [-0.2, -0.15) is 0 Å². The fourth-order valence-corrected chi connectivity index (χ4v) is 3.83. The van der Waals surface area contributed by atoms with Crippen molar-refractivity contribution in [2.45, 2.75) is 32.2 Å². The van der Waals surface area contributed by atoms with Crippen LogP contribution in [-0.4, -0.2) is 41.5 Å². The van der Waals surface area contributed by atoms with Gasteiger partial charge in [0.25, 0.3) is 5.91 Å². The number of hydrogen-bond acceptors (Lipinski definition) is 5. The van der Waals surface area contributed by atoms with Crippen molar-refractivity contribution in [3.8, 4) is 16.3 Å². The quantitative estimate of drug-likeness (QED) is 0.797. The van der Waals surface area contributed by atoms with Gasteiger partial charge in [-0.3, -0.25) is 4.79 Å². The largest absolute Gasteiger partial charge is 0.494 e. The van der Waals surface area contributed by atoms with Gasteiger partial charge in [0.15, 0.2) is 0 Å². The Morgan fingerprint density at radius 3 is 2.69 bits per heavy atom. The molecule has 1 fully saturated rings. The summed E-state index contributed by atoms with van der Waals surface area (Å²) in [6.45, 7) is 3.90. The number of carbonyl (C=O) groups is 1. The van der Waals surface area contributed by atoms with Crippen molar-refractivity contribution in [1.29, 1.82) is 0 Å². The Hall–Kier alpha value is -1.34. The number of nitrogens with zero attached hydrogens (tertiary/aromatic N) is 2. The topological polar surface area (TPSA) is 68.5 Å². The summed E-state index contributed by atoms with van der Waals surface area (Å²) < 4.78 is 5.45. The molecule has 1 saturated heterocycles. The van der Waals surface area contributed by atoms with E-state index in [1.54, 1.807) is 0 Å². The van der Waals surface area contributed by atoms with Crippen molar-refractivity contribution in [3.63, 3.8) is 0 Å². The van der Waals surface area contributed by atoms with Gasteiger partial charge in [0.05, 0.1) is 6.61 Å². The Morgan fingerprint density at radius 2 is 2.04 bits per heavy atom. The Labute approximate surface area is 170 Å². The van der Waals surface area contributed by atoms with Gasteiger partial charge in [-0.1, -0.05) is 0 Å². The molecule has 2 heterocycles. The third-order valence-corrected chi connectivity index (χ3v) is 5.19. The Morgan fingerprint density at radius 1 is 1.31 bits per heavy atom. The van der Waals surface area contributed by atoms with Crippen LogP contribution in [0.15, 0.2) is 29.6 Å². The molecule has 1 aliphatic heterocycles. The summed E-state index contributed by atoms with van der Waals surface area (Å²) in [5, 5.41) is 2.69. The zero-order chi connectivity index (χ0) is 16.9. The van der Waals surface area contributed by atoms with Crippen LogP contribution in [0.2, 0.25) is 0 Å². The van der Waals surface area contributed by atoms with Crippen LogP contribution in [0.4, 0.5) is 0 Å². The van der Waals surface area contributed by atoms with E-state index in [1.165, 1.54) is 11.3 Å². The van der Waals surface area contributed by atoms with Gasteiger partial charge in [0, 0.05) is 30.1 Å². The van der Waals surface area contributed by atoms with Crippen LogP contribution in [-0.2, 0) is 0 Å². The van der Waals surface area contributed by atoms with Crippen LogP contribution in [0.1, 0.15) is 36.7 Å². The maximum absolute atomic E-state index is 12.7. The summed E-state index contributed by atoms with van der Waals surface area (Å²) in [4.78, 5) is 19.2. The second-order valence-corrected chi connectivity index (χ2v) is 6.74. The van der Waals surface area contributed by atoms with Crippen LogP contribution in [0, 0.1) is 0 Å². The molecular weight excluding hydrogens is 393 g/mol. The summed E-state index contributed by atoms with van der Waals surface area (Å²) in [6.07, 6.45) is 3.16. The molecule has 1 atom stereocenters. The number of nitrogens with two attached hydrogens (primary N) is 1. The maximum atomic E-state index is 12.7. The predicted molar refractivity (Wildman–Crippen MR) is 111 cm³/mol. The molecule has 1 aliphatic rings. The van der Waals surface area contributed by atoms with E-state index >= 15 is 0 Å². The number of aromatic nitrogens is 1. The third kappa shape index (κ3) is 5.10. The molecule has 8 heteroatoms. The molecule has 1 unspecified atom stereocenters. The molecule has 3 rings (SSSR count). The zero-order valence-corrected chi connectivity index (χ0v) is 17.2. The predicted octanol–water partition coefficient (Wildman–Crippen LogP) is 4.01. The standard InChI is InChI=1S/C18H23N3O2S.2ClH/c1-2-23-15-8-6-13(7-9-15)17-20-16(12-24-17)18(22)21-10-4-3-5-14(21)11-19;;/h6-9,12,14H,2-5,10-11,19H2,1H3;2*1H. The number of hydrogen-bond donors (Lipinski definition) is 1. The van der Waals surface area contributed by atoms with Crippen LogP contribution in [0.3, 0.4) is 0 Å². The molecule has 0 aliphatic carbocycles. The monoisotopic (exact) mass is 417 g/mol. The van der Waals surface area contributed by atoms with E-state index in [0.29, 0.717) is 18.8 Å². The van der Waals surface area contributed by atoms with E-state index < -0.39 is 0 Å². The van der Waals surface area contributed by atoms with Crippen LogP contribution in [0.5, 0.6) is 5.75 Å². The number of piperidine rings is 1. The average molecular weight is 418 g/mol. The molecule has 2 N–H and O–H groups in total. The van der Waals surface area contributed by atoms with E-state index in [4.69, 9.17) is 10.5 Å². The summed E-state index contributed by atoms with van der Waals surface area (Å²) in [7, 11) is 0. The normalized spacial score (nSPS) is 16.4. The average Bonchev–Trinajstić information content (AvgIpc) is 3.12. The van der Waals surface area contributed by atoms with Gasteiger partial charge in [0.2, 0.25) is 0 Å². The SMILES string of the molecule is CCOc1ccc(-c2nc(C(=O)N3CCCCC3CN)cs2)cc1.Cl.Cl. The highest BCUT2D eigenvalue weighted by Gasteiger charge is 2.27. The minimum Gasteiger partial charge on any atom is -0.494 e. The van der Waals surface area contributed by atoms with Gasteiger partial charge >= 0.3 is 0 Å². The number of carbonyl (C=O) groups excluding carboxylic acids is 1. The summed E-state index contributed by atoms with van der Waals surface area (Å²) in [6, 6.07) is 7.94.